The molecule has 2 atom stereocenters. The first-order valence-corrected chi connectivity index (χ1v) is 19.2. The molecule has 48 heavy (non-hydrogen) atoms. The molecule has 2 aromatic heterocycles. The third-order valence-corrected chi connectivity index (χ3v) is 14.9. The van der Waals surface area contributed by atoms with E-state index in [-0.39, 0.29) is 0 Å². The highest BCUT2D eigenvalue weighted by atomic mass is 31.1. The fraction of sp³-hybridized carbons (Fsp3) is 0. The second-order valence-corrected chi connectivity index (χ2v) is 16.9. The summed E-state index contributed by atoms with van der Waals surface area (Å²) < 4.78 is 0. The average Bonchev–Trinajstić information content (AvgIpc) is 3.68. The van der Waals surface area contributed by atoms with E-state index in [1.165, 1.54) is 85.7 Å². The van der Waals surface area contributed by atoms with Gasteiger partial charge in [-0.15, -0.1) is 0 Å². The number of hydrogen-bond acceptors (Lipinski definition) is 0. The van der Waals surface area contributed by atoms with Crippen LogP contribution in [0.2, 0.25) is 0 Å². The van der Waals surface area contributed by atoms with Crippen molar-refractivity contribution in [1.29, 1.82) is 0 Å². The lowest BCUT2D eigenvalue weighted by molar-refractivity contribution is 1.66. The molecule has 0 spiro atoms. The summed E-state index contributed by atoms with van der Waals surface area (Å²) in [5, 5.41) is 17.0. The summed E-state index contributed by atoms with van der Waals surface area (Å²) >= 11 is 0. The van der Waals surface area contributed by atoms with E-state index in [0.29, 0.717) is 0 Å². The van der Waals surface area contributed by atoms with Crippen molar-refractivity contribution in [3.05, 3.63) is 182 Å². The smallest absolute Gasteiger partial charge is 0.00747 e. The monoisotopic (exact) mass is 644 g/mol. The molecule has 0 N–H and O–H groups in total. The standard InChI is InChI=1S/C46H30P2/c1-5-13-31(14-6-1)33-21-23-39-43(29-33)47(35-17-9-3-10-18-35)41-27-25-38-37(45(39)41)26-28-42-46(38)40-24-22-34(32-15-7-2-8-16-32)30-44(40)48(42)36-19-11-4-12-20-36/h1-30H. The average molecular weight is 645 g/mol. The molecule has 0 fully saturated rings. The van der Waals surface area contributed by atoms with Crippen molar-refractivity contribution in [1.82, 2.24) is 0 Å². The maximum atomic E-state index is 2.47. The van der Waals surface area contributed by atoms with Gasteiger partial charge < -0.3 is 0 Å². The molecule has 0 radical (unpaired) electrons. The van der Waals surface area contributed by atoms with Gasteiger partial charge >= 0.3 is 0 Å². The second kappa shape index (κ2) is 11.1. The lowest BCUT2D eigenvalue weighted by Crippen LogP contribution is -1.79. The van der Waals surface area contributed by atoms with Gasteiger partial charge in [0.1, 0.15) is 0 Å². The van der Waals surface area contributed by atoms with Crippen molar-refractivity contribution in [3.63, 3.8) is 0 Å². The number of rotatable bonds is 4. The third kappa shape index (κ3) is 4.24. The maximum absolute atomic E-state index is 2.47. The van der Waals surface area contributed by atoms with Crippen molar-refractivity contribution in [2.24, 2.45) is 0 Å². The Kier molecular flexibility index (Phi) is 6.41. The molecule has 0 nitrogen and oxygen atoms in total. The first kappa shape index (κ1) is 27.7. The van der Waals surface area contributed by atoms with Gasteiger partial charge in [0.25, 0.3) is 0 Å². The minimum absolute atomic E-state index is 0.681. The molecule has 2 unspecified atom stereocenters. The van der Waals surface area contributed by atoms with Crippen LogP contribution in [-0.4, -0.2) is 0 Å². The van der Waals surface area contributed by atoms with Gasteiger partial charge in [0.05, 0.1) is 0 Å². The van der Waals surface area contributed by atoms with Gasteiger partial charge in [0.15, 0.2) is 0 Å². The van der Waals surface area contributed by atoms with Crippen LogP contribution in [-0.2, 0) is 0 Å². The quantitative estimate of drug-likeness (QED) is 0.179. The summed E-state index contributed by atoms with van der Waals surface area (Å²) in [5.74, 6) is 0. The number of hydrogen-bond donors (Lipinski definition) is 0. The normalized spacial score (nSPS) is 12.5. The largest absolute Gasteiger partial charge is 0.0772 e. The molecule has 0 aliphatic heterocycles. The summed E-state index contributed by atoms with van der Waals surface area (Å²) in [6.45, 7) is 0. The van der Waals surface area contributed by atoms with Crippen LogP contribution in [0.3, 0.4) is 0 Å². The molecule has 8 aromatic carbocycles. The van der Waals surface area contributed by atoms with Crippen LogP contribution in [0.15, 0.2) is 182 Å². The van der Waals surface area contributed by atoms with Crippen molar-refractivity contribution in [2.75, 3.05) is 0 Å². The fourth-order valence-corrected chi connectivity index (χ4v) is 13.1. The minimum Gasteiger partial charge on any atom is -0.0772 e. The highest BCUT2D eigenvalue weighted by Gasteiger charge is 2.21. The van der Waals surface area contributed by atoms with Crippen molar-refractivity contribution >= 4 is 67.9 Å². The fourth-order valence-electron chi connectivity index (χ4n) is 7.77. The Hall–Kier alpha value is -5.38. The first-order chi connectivity index (χ1) is 23.8. The predicted molar refractivity (Wildman–Crippen MR) is 213 cm³/mol. The molecule has 2 heteroatoms. The summed E-state index contributed by atoms with van der Waals surface area (Å²) in [6, 6.07) is 68.1. The molecule has 0 bridgehead atoms. The van der Waals surface area contributed by atoms with E-state index in [1.807, 2.05) is 0 Å². The highest BCUT2D eigenvalue weighted by Crippen LogP contribution is 2.60. The number of benzene rings is 8. The molecular weight excluding hydrogens is 614 g/mol. The molecule has 224 valence electrons. The zero-order valence-corrected chi connectivity index (χ0v) is 28.0. The second-order valence-electron chi connectivity index (χ2n) is 12.6. The molecule has 0 saturated carbocycles. The topological polar surface area (TPSA) is 0 Å². The van der Waals surface area contributed by atoms with E-state index in [0.717, 1.165) is 0 Å². The molecule has 10 rings (SSSR count). The third-order valence-electron chi connectivity index (χ3n) is 9.90. The molecule has 2 heterocycles. The van der Waals surface area contributed by atoms with Crippen molar-refractivity contribution < 1.29 is 0 Å². The Morgan fingerprint density at radius 2 is 0.604 bits per heavy atom. The Balaban J connectivity index is 1.32. The summed E-state index contributed by atoms with van der Waals surface area (Å²) in [5.41, 5.74) is 5.10. The molecule has 10 aromatic rings. The van der Waals surface area contributed by atoms with Gasteiger partial charge in [-0.25, -0.2) is 0 Å². The Morgan fingerprint density at radius 1 is 0.250 bits per heavy atom. The van der Waals surface area contributed by atoms with Crippen LogP contribution >= 0.6 is 15.1 Å². The van der Waals surface area contributed by atoms with E-state index >= 15 is 0 Å². The maximum Gasteiger partial charge on any atom is 0.00747 e. The van der Waals surface area contributed by atoms with Crippen LogP contribution in [0.1, 0.15) is 0 Å². The van der Waals surface area contributed by atoms with E-state index in [1.54, 1.807) is 0 Å². The van der Waals surface area contributed by atoms with E-state index in [4.69, 9.17) is 0 Å². The van der Waals surface area contributed by atoms with Crippen LogP contribution in [0.4, 0.5) is 0 Å². The van der Waals surface area contributed by atoms with E-state index in [9.17, 15) is 0 Å². The molecule has 0 saturated heterocycles. The zero-order chi connectivity index (χ0) is 31.6. The van der Waals surface area contributed by atoms with Crippen LogP contribution < -0.4 is 0 Å². The molecule has 0 aliphatic carbocycles. The molecule has 0 amide bonds. The first-order valence-electron chi connectivity index (χ1n) is 16.5. The molecular formula is C46H30P2. The summed E-state index contributed by atoms with van der Waals surface area (Å²) in [6.07, 6.45) is 0. The van der Waals surface area contributed by atoms with Gasteiger partial charge in [0.2, 0.25) is 0 Å². The van der Waals surface area contributed by atoms with Gasteiger partial charge in [-0.1, -0.05) is 173 Å². The molecule has 0 aliphatic rings. The Labute approximate surface area is 281 Å². The zero-order valence-electron chi connectivity index (χ0n) is 26.2. The minimum atomic E-state index is -0.681. The summed E-state index contributed by atoms with van der Waals surface area (Å²) in [7, 11) is -1.36. The van der Waals surface area contributed by atoms with Crippen LogP contribution in [0.5, 0.6) is 0 Å². The number of fused-ring (bicyclic) bond motifs is 9. The van der Waals surface area contributed by atoms with E-state index < -0.39 is 15.1 Å². The lowest BCUT2D eigenvalue weighted by atomic mass is 9.98. The SMILES string of the molecule is c1ccc(-c2ccc3c4c5ccc6c(c5ccc4p(-c4ccccc4)c3c2)c2ccc(-c3ccccc3)cc2p6-c2ccccc2)cc1. The van der Waals surface area contributed by atoms with E-state index in [2.05, 4.69) is 182 Å². The highest BCUT2D eigenvalue weighted by molar-refractivity contribution is 7.68. The van der Waals surface area contributed by atoms with Gasteiger partial charge in [-0.3, -0.25) is 0 Å². The Morgan fingerprint density at radius 3 is 1.00 bits per heavy atom. The van der Waals surface area contributed by atoms with Gasteiger partial charge in [-0.2, -0.15) is 0 Å². The summed E-state index contributed by atoms with van der Waals surface area (Å²) in [4.78, 5) is 0. The van der Waals surface area contributed by atoms with Crippen molar-refractivity contribution in [2.45, 2.75) is 0 Å². The lowest BCUT2D eigenvalue weighted by Gasteiger charge is -2.07. The van der Waals surface area contributed by atoms with Gasteiger partial charge in [0, 0.05) is 31.2 Å². The van der Waals surface area contributed by atoms with Crippen molar-refractivity contribution in [3.8, 4) is 32.9 Å². The predicted octanol–water partition coefficient (Wildman–Crippen LogP) is 14.7. The van der Waals surface area contributed by atoms with Gasteiger partial charge in [-0.05, 0) is 78.7 Å². The van der Waals surface area contributed by atoms with Crippen LogP contribution in [0, 0.1) is 0 Å². The van der Waals surface area contributed by atoms with Crippen LogP contribution in [0.25, 0.3) is 85.7 Å². The Bertz CT molecular complexity index is 2590.